The number of amides is 1. The van der Waals surface area contributed by atoms with Crippen LogP contribution >= 0.6 is 0 Å². The molecule has 0 saturated carbocycles. The maximum atomic E-state index is 13.4. The Balaban J connectivity index is 1.55. The van der Waals surface area contributed by atoms with Gasteiger partial charge in [0, 0.05) is 39.3 Å². The van der Waals surface area contributed by atoms with Gasteiger partial charge in [-0.1, -0.05) is 6.07 Å². The van der Waals surface area contributed by atoms with Crippen molar-refractivity contribution in [1.29, 1.82) is 0 Å². The fourth-order valence-corrected chi connectivity index (χ4v) is 5.03. The van der Waals surface area contributed by atoms with Crippen LogP contribution in [0.4, 0.5) is 4.39 Å². The number of carbonyl (C=O) groups excluding carboxylic acids is 1. The van der Waals surface area contributed by atoms with Crippen molar-refractivity contribution in [1.82, 2.24) is 14.1 Å². The molecule has 1 aromatic carbocycles. The number of hydrogen-bond acceptors (Lipinski definition) is 5. The van der Waals surface area contributed by atoms with Crippen LogP contribution in [0.3, 0.4) is 0 Å². The van der Waals surface area contributed by atoms with Crippen LogP contribution in [-0.4, -0.2) is 86.5 Å². The number of benzene rings is 1. The van der Waals surface area contributed by atoms with Gasteiger partial charge in [-0.3, -0.25) is 9.69 Å². The van der Waals surface area contributed by atoms with E-state index in [9.17, 15) is 17.6 Å². The number of nitrogens with zero attached hydrogens (tertiary/aromatic N) is 3. The molecule has 2 saturated heterocycles. The summed E-state index contributed by atoms with van der Waals surface area (Å²) in [5.74, 6) is -0.535. The van der Waals surface area contributed by atoms with Crippen LogP contribution < -0.4 is 0 Å². The third kappa shape index (κ3) is 4.84. The fraction of sp³-hybridized carbons (Fsp3) is 0.611. The minimum absolute atomic E-state index is 0.0194. The number of morpholine rings is 1. The molecule has 0 spiro atoms. The zero-order chi connectivity index (χ0) is 19.6. The Bertz CT molecular complexity index is 771. The monoisotopic (exact) mass is 399 g/mol. The van der Waals surface area contributed by atoms with E-state index >= 15 is 0 Å². The van der Waals surface area contributed by atoms with Gasteiger partial charge in [-0.2, -0.15) is 4.31 Å². The third-order valence-electron chi connectivity index (χ3n) is 4.90. The summed E-state index contributed by atoms with van der Waals surface area (Å²) in [5.41, 5.74) is 0. The normalized spacial score (nSPS) is 25.5. The molecule has 7 nitrogen and oxygen atoms in total. The first-order valence-corrected chi connectivity index (χ1v) is 10.6. The molecule has 0 unspecified atom stereocenters. The Morgan fingerprint density at radius 3 is 2.37 bits per heavy atom. The summed E-state index contributed by atoms with van der Waals surface area (Å²) in [6.45, 7) is 6.83. The zero-order valence-electron chi connectivity index (χ0n) is 15.7. The van der Waals surface area contributed by atoms with Gasteiger partial charge < -0.3 is 9.64 Å². The van der Waals surface area contributed by atoms with Gasteiger partial charge in [0.15, 0.2) is 0 Å². The van der Waals surface area contributed by atoms with Crippen LogP contribution in [-0.2, 0) is 19.6 Å². The second-order valence-corrected chi connectivity index (χ2v) is 9.13. The van der Waals surface area contributed by atoms with Crippen LogP contribution in [0.25, 0.3) is 0 Å². The maximum absolute atomic E-state index is 13.4. The topological polar surface area (TPSA) is 70.2 Å². The standard InChI is InChI=1S/C18H26FN3O4S/c1-14-11-21(12-15(2)26-14)18(23)13-20-6-8-22(9-7-20)27(24,25)17-5-3-4-16(19)10-17/h3-5,10,14-15H,6-9,11-13H2,1-2H3/t14-,15-/m0/s1. The van der Waals surface area contributed by atoms with Gasteiger partial charge in [0.1, 0.15) is 5.82 Å². The minimum Gasteiger partial charge on any atom is -0.372 e. The van der Waals surface area contributed by atoms with Crippen molar-refractivity contribution in [2.45, 2.75) is 31.0 Å². The summed E-state index contributed by atoms with van der Waals surface area (Å²) in [6.07, 6.45) is 0.0388. The lowest BCUT2D eigenvalue weighted by molar-refractivity contribution is -0.144. The first-order valence-electron chi connectivity index (χ1n) is 9.17. The van der Waals surface area contributed by atoms with Crippen molar-refractivity contribution < 1.29 is 22.3 Å². The molecule has 0 N–H and O–H groups in total. The Morgan fingerprint density at radius 2 is 1.78 bits per heavy atom. The predicted octanol–water partition coefficient (Wildman–Crippen LogP) is 0.768. The minimum atomic E-state index is -3.72. The van der Waals surface area contributed by atoms with E-state index in [0.717, 1.165) is 6.07 Å². The number of rotatable bonds is 4. The Hall–Kier alpha value is -1.55. The number of halogens is 1. The molecule has 2 aliphatic heterocycles. The first-order chi connectivity index (χ1) is 12.8. The number of ether oxygens (including phenoxy) is 1. The van der Waals surface area contributed by atoms with E-state index in [4.69, 9.17) is 4.74 Å². The molecule has 0 aromatic heterocycles. The van der Waals surface area contributed by atoms with Crippen LogP contribution in [0, 0.1) is 5.82 Å². The molecular weight excluding hydrogens is 373 g/mol. The van der Waals surface area contributed by atoms with Crippen LogP contribution in [0.15, 0.2) is 29.2 Å². The summed E-state index contributed by atoms with van der Waals surface area (Å²) in [6, 6.07) is 5.04. The maximum Gasteiger partial charge on any atom is 0.243 e. The molecule has 2 heterocycles. The summed E-state index contributed by atoms with van der Waals surface area (Å²) in [7, 11) is -3.72. The lowest BCUT2D eigenvalue weighted by atomic mass is 10.2. The van der Waals surface area contributed by atoms with Crippen molar-refractivity contribution in [3.05, 3.63) is 30.1 Å². The van der Waals surface area contributed by atoms with Crippen molar-refractivity contribution in [2.75, 3.05) is 45.8 Å². The van der Waals surface area contributed by atoms with E-state index in [0.29, 0.717) is 26.2 Å². The molecule has 150 valence electrons. The largest absolute Gasteiger partial charge is 0.372 e. The number of piperazine rings is 1. The van der Waals surface area contributed by atoms with Crippen molar-refractivity contribution >= 4 is 15.9 Å². The van der Waals surface area contributed by atoms with Gasteiger partial charge in [0.25, 0.3) is 0 Å². The van der Waals surface area contributed by atoms with Gasteiger partial charge in [0.05, 0.1) is 23.6 Å². The average molecular weight is 399 g/mol. The summed E-state index contributed by atoms with van der Waals surface area (Å²) < 4.78 is 45.6. The van der Waals surface area contributed by atoms with Gasteiger partial charge in [-0.05, 0) is 32.0 Å². The highest BCUT2D eigenvalue weighted by molar-refractivity contribution is 7.89. The van der Waals surface area contributed by atoms with E-state index < -0.39 is 15.8 Å². The van der Waals surface area contributed by atoms with E-state index in [1.165, 1.54) is 22.5 Å². The smallest absolute Gasteiger partial charge is 0.243 e. The molecule has 27 heavy (non-hydrogen) atoms. The molecule has 0 radical (unpaired) electrons. The van der Waals surface area contributed by atoms with Crippen molar-refractivity contribution in [2.24, 2.45) is 0 Å². The summed E-state index contributed by atoms with van der Waals surface area (Å²) >= 11 is 0. The van der Waals surface area contributed by atoms with E-state index in [-0.39, 0.29) is 42.6 Å². The second kappa shape index (κ2) is 8.22. The first kappa shape index (κ1) is 20.2. The Morgan fingerprint density at radius 1 is 1.15 bits per heavy atom. The molecule has 3 rings (SSSR count). The highest BCUT2D eigenvalue weighted by atomic mass is 32.2. The SMILES string of the molecule is C[C@H]1CN(C(=O)CN2CCN(S(=O)(=O)c3cccc(F)c3)CC2)C[C@H](C)O1. The molecule has 1 amide bonds. The van der Waals surface area contributed by atoms with E-state index in [2.05, 4.69) is 0 Å². The highest BCUT2D eigenvalue weighted by Crippen LogP contribution is 2.19. The molecule has 1 aromatic rings. The summed E-state index contributed by atoms with van der Waals surface area (Å²) in [5, 5.41) is 0. The third-order valence-corrected chi connectivity index (χ3v) is 6.79. The number of hydrogen-bond donors (Lipinski definition) is 0. The molecule has 2 atom stereocenters. The number of sulfonamides is 1. The molecule has 2 fully saturated rings. The van der Waals surface area contributed by atoms with E-state index in [1.54, 1.807) is 0 Å². The molecule has 9 heteroatoms. The lowest BCUT2D eigenvalue weighted by Gasteiger charge is -2.38. The van der Waals surface area contributed by atoms with Crippen LogP contribution in [0.1, 0.15) is 13.8 Å². The zero-order valence-corrected chi connectivity index (χ0v) is 16.5. The van der Waals surface area contributed by atoms with Gasteiger partial charge in [-0.15, -0.1) is 0 Å². The molecular formula is C18H26FN3O4S. The molecule has 0 bridgehead atoms. The van der Waals surface area contributed by atoms with Crippen LogP contribution in [0.2, 0.25) is 0 Å². The molecule has 0 aliphatic carbocycles. The average Bonchev–Trinajstić information content (AvgIpc) is 2.61. The van der Waals surface area contributed by atoms with Crippen molar-refractivity contribution in [3.8, 4) is 0 Å². The second-order valence-electron chi connectivity index (χ2n) is 7.19. The lowest BCUT2D eigenvalue weighted by Crippen LogP contribution is -2.54. The highest BCUT2D eigenvalue weighted by Gasteiger charge is 2.31. The van der Waals surface area contributed by atoms with E-state index in [1.807, 2.05) is 23.6 Å². The molecule has 2 aliphatic rings. The Kier molecular flexibility index (Phi) is 6.15. The summed E-state index contributed by atoms with van der Waals surface area (Å²) in [4.78, 5) is 16.3. The van der Waals surface area contributed by atoms with Crippen molar-refractivity contribution in [3.63, 3.8) is 0 Å². The van der Waals surface area contributed by atoms with Gasteiger partial charge in [0.2, 0.25) is 15.9 Å². The number of carbonyl (C=O) groups is 1. The van der Waals surface area contributed by atoms with Gasteiger partial charge >= 0.3 is 0 Å². The quantitative estimate of drug-likeness (QED) is 0.748. The Labute approximate surface area is 159 Å². The van der Waals surface area contributed by atoms with Crippen LogP contribution in [0.5, 0.6) is 0 Å². The van der Waals surface area contributed by atoms with Gasteiger partial charge in [-0.25, -0.2) is 12.8 Å². The predicted molar refractivity (Wildman–Crippen MR) is 98.2 cm³/mol. The fourth-order valence-electron chi connectivity index (χ4n) is 3.58.